The highest BCUT2D eigenvalue weighted by atomic mass is 15.1. The molecule has 4 rings (SSSR count). The summed E-state index contributed by atoms with van der Waals surface area (Å²) in [6.45, 7) is 0. The first-order chi connectivity index (χ1) is 11.4. The Kier molecular flexibility index (Phi) is 3.37. The molecule has 0 saturated carbocycles. The average molecular weight is 299 g/mol. The van der Waals surface area contributed by atoms with Gasteiger partial charge in [-0.25, -0.2) is 9.97 Å². The number of nitrogens with one attached hydrogen (secondary N) is 1. The second-order valence-corrected chi connectivity index (χ2v) is 5.02. The molecule has 0 bridgehead atoms. The molecular formula is C18H13N5. The van der Waals surface area contributed by atoms with Gasteiger partial charge in [-0.1, -0.05) is 24.3 Å². The van der Waals surface area contributed by atoms with E-state index in [9.17, 15) is 0 Å². The highest BCUT2D eigenvalue weighted by molar-refractivity contribution is 5.80. The number of nitrogens with zero attached hydrogens (tertiary/aromatic N) is 4. The molecule has 0 radical (unpaired) electrons. The number of fused-ring (bicyclic) bond motifs is 1. The standard InChI is InChI=1S/C18H13N5/c1-2-6-14-13(5-1)8-9-17(21-14)23-18-12-19-11-16(22-18)15-7-3-4-10-20-15/h1-12H,(H,21,22,23). The van der Waals surface area contributed by atoms with Gasteiger partial charge in [0.1, 0.15) is 11.5 Å². The third kappa shape index (κ3) is 2.85. The molecule has 0 spiro atoms. The fourth-order valence-corrected chi connectivity index (χ4v) is 2.33. The van der Waals surface area contributed by atoms with Gasteiger partial charge in [-0.3, -0.25) is 9.97 Å². The SMILES string of the molecule is c1ccc(-c2cncc(Nc3ccc4ccccc4n3)n2)nc1. The van der Waals surface area contributed by atoms with E-state index < -0.39 is 0 Å². The highest BCUT2D eigenvalue weighted by Gasteiger charge is 2.04. The van der Waals surface area contributed by atoms with E-state index in [1.54, 1.807) is 18.6 Å². The summed E-state index contributed by atoms with van der Waals surface area (Å²) in [5.74, 6) is 1.37. The Bertz CT molecular complexity index is 953. The summed E-state index contributed by atoms with van der Waals surface area (Å²) in [5.41, 5.74) is 2.44. The summed E-state index contributed by atoms with van der Waals surface area (Å²) in [6, 6.07) is 17.6. The topological polar surface area (TPSA) is 63.6 Å². The third-order valence-corrected chi connectivity index (χ3v) is 3.42. The Balaban J connectivity index is 1.65. The molecule has 1 N–H and O–H groups in total. The van der Waals surface area contributed by atoms with Crippen molar-refractivity contribution in [3.8, 4) is 11.4 Å². The smallest absolute Gasteiger partial charge is 0.150 e. The molecule has 0 aliphatic carbocycles. The summed E-state index contributed by atoms with van der Waals surface area (Å²) in [5, 5.41) is 4.30. The fourth-order valence-electron chi connectivity index (χ4n) is 2.33. The van der Waals surface area contributed by atoms with Crippen molar-refractivity contribution >= 4 is 22.5 Å². The molecule has 5 nitrogen and oxygen atoms in total. The number of aromatic nitrogens is 4. The van der Waals surface area contributed by atoms with E-state index >= 15 is 0 Å². The number of pyridine rings is 2. The first-order valence-corrected chi connectivity index (χ1v) is 7.25. The number of hydrogen-bond donors (Lipinski definition) is 1. The first-order valence-electron chi connectivity index (χ1n) is 7.25. The number of rotatable bonds is 3. The van der Waals surface area contributed by atoms with Crippen LogP contribution >= 0.6 is 0 Å². The number of anilines is 2. The van der Waals surface area contributed by atoms with E-state index in [-0.39, 0.29) is 0 Å². The molecule has 0 saturated heterocycles. The summed E-state index contributed by atoms with van der Waals surface area (Å²) in [6.07, 6.45) is 5.10. The average Bonchev–Trinajstić information content (AvgIpc) is 2.63. The van der Waals surface area contributed by atoms with Crippen molar-refractivity contribution < 1.29 is 0 Å². The van der Waals surface area contributed by atoms with Gasteiger partial charge in [0.2, 0.25) is 0 Å². The second kappa shape index (κ2) is 5.81. The van der Waals surface area contributed by atoms with Crippen LogP contribution < -0.4 is 5.32 Å². The summed E-state index contributed by atoms with van der Waals surface area (Å²) < 4.78 is 0. The zero-order valence-electron chi connectivity index (χ0n) is 12.2. The van der Waals surface area contributed by atoms with Crippen LogP contribution in [-0.4, -0.2) is 19.9 Å². The summed E-state index contributed by atoms with van der Waals surface area (Å²) in [4.78, 5) is 17.6. The minimum atomic E-state index is 0.635. The second-order valence-electron chi connectivity index (χ2n) is 5.02. The van der Waals surface area contributed by atoms with Crippen molar-refractivity contribution in [3.63, 3.8) is 0 Å². The Hall–Kier alpha value is -3.34. The lowest BCUT2D eigenvalue weighted by Crippen LogP contribution is -1.98. The zero-order valence-corrected chi connectivity index (χ0v) is 12.2. The van der Waals surface area contributed by atoms with Crippen LogP contribution in [0.2, 0.25) is 0 Å². The van der Waals surface area contributed by atoms with Crippen molar-refractivity contribution in [2.45, 2.75) is 0 Å². The van der Waals surface area contributed by atoms with E-state index in [4.69, 9.17) is 0 Å². The molecule has 23 heavy (non-hydrogen) atoms. The van der Waals surface area contributed by atoms with Crippen LogP contribution in [0.25, 0.3) is 22.3 Å². The maximum absolute atomic E-state index is 4.58. The van der Waals surface area contributed by atoms with E-state index in [0.29, 0.717) is 5.82 Å². The van der Waals surface area contributed by atoms with Gasteiger partial charge in [0.25, 0.3) is 0 Å². The van der Waals surface area contributed by atoms with Crippen LogP contribution in [0.5, 0.6) is 0 Å². The Labute approximate surface area is 133 Å². The van der Waals surface area contributed by atoms with Crippen LogP contribution in [0.15, 0.2) is 73.2 Å². The molecule has 0 atom stereocenters. The maximum atomic E-state index is 4.58. The van der Waals surface area contributed by atoms with Crippen molar-refractivity contribution in [2.75, 3.05) is 5.32 Å². The normalized spacial score (nSPS) is 10.6. The van der Waals surface area contributed by atoms with Gasteiger partial charge in [-0.2, -0.15) is 0 Å². The monoisotopic (exact) mass is 299 g/mol. The molecule has 0 aliphatic rings. The number of hydrogen-bond acceptors (Lipinski definition) is 5. The quantitative estimate of drug-likeness (QED) is 0.623. The maximum Gasteiger partial charge on any atom is 0.150 e. The number of benzene rings is 1. The van der Waals surface area contributed by atoms with Gasteiger partial charge in [0.05, 0.1) is 23.6 Å². The molecule has 5 heteroatoms. The van der Waals surface area contributed by atoms with Crippen molar-refractivity contribution in [1.29, 1.82) is 0 Å². The molecule has 0 amide bonds. The van der Waals surface area contributed by atoms with Crippen LogP contribution in [0.1, 0.15) is 0 Å². The minimum absolute atomic E-state index is 0.635. The van der Waals surface area contributed by atoms with Gasteiger partial charge in [-0.15, -0.1) is 0 Å². The van der Waals surface area contributed by atoms with Crippen LogP contribution in [0.3, 0.4) is 0 Å². The molecule has 0 aliphatic heterocycles. The van der Waals surface area contributed by atoms with Gasteiger partial charge < -0.3 is 5.32 Å². The van der Waals surface area contributed by atoms with Crippen LogP contribution in [-0.2, 0) is 0 Å². The van der Waals surface area contributed by atoms with E-state index in [0.717, 1.165) is 28.1 Å². The number of para-hydroxylation sites is 1. The molecule has 0 fully saturated rings. The molecule has 4 aromatic rings. The molecule has 3 aromatic heterocycles. The largest absolute Gasteiger partial charge is 0.324 e. The molecule has 3 heterocycles. The molecular weight excluding hydrogens is 286 g/mol. The van der Waals surface area contributed by atoms with E-state index in [2.05, 4.69) is 25.3 Å². The van der Waals surface area contributed by atoms with Gasteiger partial charge >= 0.3 is 0 Å². The first kappa shape index (κ1) is 13.3. The lowest BCUT2D eigenvalue weighted by Gasteiger charge is -2.07. The summed E-state index contributed by atoms with van der Waals surface area (Å²) >= 11 is 0. The lowest BCUT2D eigenvalue weighted by molar-refractivity contribution is 1.17. The fraction of sp³-hybridized carbons (Fsp3) is 0. The molecule has 110 valence electrons. The van der Waals surface area contributed by atoms with Gasteiger partial charge in [0.15, 0.2) is 5.82 Å². The van der Waals surface area contributed by atoms with Crippen LogP contribution in [0, 0.1) is 0 Å². The Morgan fingerprint density at radius 2 is 1.61 bits per heavy atom. The lowest BCUT2D eigenvalue weighted by atomic mass is 10.2. The zero-order chi connectivity index (χ0) is 15.5. The minimum Gasteiger partial charge on any atom is -0.324 e. The summed E-state index contributed by atoms with van der Waals surface area (Å²) in [7, 11) is 0. The predicted octanol–water partition coefficient (Wildman–Crippen LogP) is 3.83. The van der Waals surface area contributed by atoms with Crippen molar-refractivity contribution in [3.05, 3.63) is 73.2 Å². The highest BCUT2D eigenvalue weighted by Crippen LogP contribution is 2.19. The van der Waals surface area contributed by atoms with Crippen LogP contribution in [0.4, 0.5) is 11.6 Å². The van der Waals surface area contributed by atoms with Crippen molar-refractivity contribution in [1.82, 2.24) is 19.9 Å². The third-order valence-electron chi connectivity index (χ3n) is 3.42. The Morgan fingerprint density at radius 3 is 2.52 bits per heavy atom. The van der Waals surface area contributed by atoms with Crippen molar-refractivity contribution in [2.24, 2.45) is 0 Å². The van der Waals surface area contributed by atoms with Gasteiger partial charge in [-0.05, 0) is 30.3 Å². The molecule has 0 unspecified atom stereocenters. The Morgan fingerprint density at radius 1 is 0.696 bits per heavy atom. The molecule has 1 aromatic carbocycles. The van der Waals surface area contributed by atoms with E-state index in [1.807, 2.05) is 54.6 Å². The predicted molar refractivity (Wildman–Crippen MR) is 90.3 cm³/mol. The van der Waals surface area contributed by atoms with E-state index in [1.165, 1.54) is 0 Å². The van der Waals surface area contributed by atoms with Gasteiger partial charge in [0, 0.05) is 11.6 Å².